The molecule has 1 fully saturated rings. The molecule has 1 saturated heterocycles. The van der Waals surface area contributed by atoms with Crippen LogP contribution in [0.2, 0.25) is 10.0 Å². The molecule has 2 aromatic carbocycles. The van der Waals surface area contributed by atoms with Crippen molar-refractivity contribution in [2.24, 2.45) is 0 Å². The van der Waals surface area contributed by atoms with Gasteiger partial charge in [-0.25, -0.2) is 13.1 Å². The fourth-order valence-corrected chi connectivity index (χ4v) is 4.50. The minimum Gasteiger partial charge on any atom is -0.490 e. The number of piperidine rings is 1. The van der Waals surface area contributed by atoms with Crippen molar-refractivity contribution in [1.29, 1.82) is 0 Å². The zero-order valence-electron chi connectivity index (χ0n) is 15.7. The lowest BCUT2D eigenvalue weighted by molar-refractivity contribution is 0.114. The van der Waals surface area contributed by atoms with Crippen LogP contribution in [0.25, 0.3) is 0 Å². The molecular formula is C20H24Cl2N2O3S. The second-order valence-corrected chi connectivity index (χ2v) is 9.71. The number of nitrogens with one attached hydrogen (secondary N) is 1. The molecule has 0 aliphatic carbocycles. The number of hydrogen-bond donors (Lipinski definition) is 1. The summed E-state index contributed by atoms with van der Waals surface area (Å²) in [5, 5.41) is 0.743. The maximum Gasteiger partial charge on any atom is 0.216 e. The third kappa shape index (κ3) is 6.36. The number of sulfonamides is 1. The van der Waals surface area contributed by atoms with Crippen LogP contribution in [0.4, 0.5) is 0 Å². The van der Waals surface area contributed by atoms with Crippen LogP contribution in [-0.4, -0.2) is 39.6 Å². The summed E-state index contributed by atoms with van der Waals surface area (Å²) in [4.78, 5) is 2.30. The van der Waals surface area contributed by atoms with E-state index >= 15 is 0 Å². The Balaban J connectivity index is 1.51. The molecule has 8 heteroatoms. The molecule has 2 aromatic rings. The van der Waals surface area contributed by atoms with Crippen LogP contribution in [-0.2, 0) is 22.3 Å². The van der Waals surface area contributed by atoms with Gasteiger partial charge in [-0.3, -0.25) is 0 Å². The minimum atomic E-state index is -3.49. The average molecular weight is 443 g/mol. The Morgan fingerprint density at radius 2 is 1.68 bits per heavy atom. The Hall–Kier alpha value is -1.31. The summed E-state index contributed by atoms with van der Waals surface area (Å²) >= 11 is 11.8. The normalized spacial score (nSPS) is 16.2. The Morgan fingerprint density at radius 1 is 1.04 bits per heavy atom. The van der Waals surface area contributed by atoms with E-state index in [2.05, 4.69) is 16.7 Å². The van der Waals surface area contributed by atoms with Gasteiger partial charge in [-0.1, -0.05) is 41.4 Å². The topological polar surface area (TPSA) is 58.6 Å². The summed E-state index contributed by atoms with van der Waals surface area (Å²) in [6.07, 6.45) is 2.28. The molecule has 0 atom stereocenters. The molecule has 0 spiro atoms. The molecule has 0 radical (unpaired) electrons. The smallest absolute Gasteiger partial charge is 0.216 e. The van der Waals surface area contributed by atoms with Gasteiger partial charge in [0, 0.05) is 19.6 Å². The van der Waals surface area contributed by atoms with Gasteiger partial charge in [-0.15, -0.1) is 0 Å². The van der Waals surface area contributed by atoms with Crippen molar-refractivity contribution in [2.75, 3.05) is 20.1 Å². The van der Waals surface area contributed by atoms with Crippen molar-refractivity contribution in [3.05, 3.63) is 63.6 Å². The number of halogens is 2. The van der Waals surface area contributed by atoms with Gasteiger partial charge in [0.25, 0.3) is 0 Å². The number of likely N-dealkylation sites (tertiary alicyclic amines) is 1. The molecule has 1 aliphatic rings. The molecule has 5 nitrogen and oxygen atoms in total. The van der Waals surface area contributed by atoms with E-state index in [4.69, 9.17) is 27.9 Å². The first-order valence-corrected chi connectivity index (χ1v) is 11.6. The molecule has 0 bridgehead atoms. The van der Waals surface area contributed by atoms with Gasteiger partial charge in [0.2, 0.25) is 10.0 Å². The number of benzene rings is 2. The second-order valence-electron chi connectivity index (χ2n) is 7.09. The molecule has 1 heterocycles. The van der Waals surface area contributed by atoms with Crippen LogP contribution in [0.15, 0.2) is 42.5 Å². The lowest BCUT2D eigenvalue weighted by Crippen LogP contribution is -2.35. The summed E-state index contributed by atoms with van der Waals surface area (Å²) in [7, 11) is -1.37. The molecule has 28 heavy (non-hydrogen) atoms. The van der Waals surface area contributed by atoms with Crippen LogP contribution >= 0.6 is 23.2 Å². The lowest BCUT2D eigenvalue weighted by atomic mass is 10.1. The van der Waals surface area contributed by atoms with Gasteiger partial charge in [0.15, 0.2) is 0 Å². The summed E-state index contributed by atoms with van der Waals surface area (Å²) < 4.78 is 33.2. The number of ether oxygens (including phenoxy) is 1. The quantitative estimate of drug-likeness (QED) is 0.701. The van der Waals surface area contributed by atoms with E-state index in [-0.39, 0.29) is 18.4 Å². The molecule has 0 unspecified atom stereocenters. The minimum absolute atomic E-state index is 0.152. The maximum atomic E-state index is 12.3. The third-order valence-electron chi connectivity index (χ3n) is 4.73. The van der Waals surface area contributed by atoms with Crippen LogP contribution in [0.5, 0.6) is 5.75 Å². The van der Waals surface area contributed by atoms with Gasteiger partial charge in [0.1, 0.15) is 11.9 Å². The van der Waals surface area contributed by atoms with E-state index in [0.717, 1.165) is 37.2 Å². The maximum absolute atomic E-state index is 12.3. The molecule has 1 aliphatic heterocycles. The molecule has 3 rings (SSSR count). The summed E-state index contributed by atoms with van der Waals surface area (Å²) in [6.45, 7) is 2.31. The lowest BCUT2D eigenvalue weighted by Gasteiger charge is -2.29. The van der Waals surface area contributed by atoms with E-state index in [1.54, 1.807) is 18.2 Å². The first-order valence-electron chi connectivity index (χ1n) is 9.16. The van der Waals surface area contributed by atoms with E-state index in [1.165, 1.54) is 0 Å². The Labute approximate surface area is 176 Å². The van der Waals surface area contributed by atoms with Crippen LogP contribution in [0, 0.1) is 0 Å². The fraction of sp³-hybridized carbons (Fsp3) is 0.400. The van der Waals surface area contributed by atoms with Crippen molar-refractivity contribution in [3.63, 3.8) is 0 Å². The van der Waals surface area contributed by atoms with E-state index in [1.807, 2.05) is 24.3 Å². The predicted octanol–water partition coefficient (Wildman–Crippen LogP) is 4.09. The van der Waals surface area contributed by atoms with Crippen molar-refractivity contribution < 1.29 is 13.2 Å². The van der Waals surface area contributed by atoms with E-state index < -0.39 is 10.0 Å². The van der Waals surface area contributed by atoms with Gasteiger partial charge >= 0.3 is 0 Å². The number of hydrogen-bond acceptors (Lipinski definition) is 4. The van der Waals surface area contributed by atoms with Crippen molar-refractivity contribution >= 4 is 33.2 Å². The van der Waals surface area contributed by atoms with Crippen molar-refractivity contribution in [1.82, 2.24) is 9.62 Å². The average Bonchev–Trinajstić information content (AvgIpc) is 2.66. The van der Waals surface area contributed by atoms with E-state index in [0.29, 0.717) is 15.6 Å². The highest BCUT2D eigenvalue weighted by molar-refractivity contribution is 7.88. The van der Waals surface area contributed by atoms with Crippen LogP contribution in [0.3, 0.4) is 0 Å². The predicted molar refractivity (Wildman–Crippen MR) is 114 cm³/mol. The second kappa shape index (κ2) is 9.46. The van der Waals surface area contributed by atoms with Crippen LogP contribution in [0.1, 0.15) is 24.0 Å². The molecule has 0 amide bonds. The fourth-order valence-electron chi connectivity index (χ4n) is 3.07. The Morgan fingerprint density at radius 3 is 2.32 bits per heavy atom. The Bertz CT molecular complexity index is 896. The summed E-state index contributed by atoms with van der Waals surface area (Å²) in [5.74, 6) is 0.665. The highest BCUT2D eigenvalue weighted by atomic mass is 35.5. The first-order chi connectivity index (χ1) is 13.3. The zero-order chi connectivity index (χ0) is 20.1. The van der Waals surface area contributed by atoms with Crippen LogP contribution < -0.4 is 9.46 Å². The van der Waals surface area contributed by atoms with Crippen molar-refractivity contribution in [2.45, 2.75) is 31.2 Å². The highest BCUT2D eigenvalue weighted by Gasteiger charge is 2.18. The van der Waals surface area contributed by atoms with Gasteiger partial charge < -0.3 is 9.64 Å². The largest absolute Gasteiger partial charge is 0.490 e. The van der Waals surface area contributed by atoms with Gasteiger partial charge in [-0.2, -0.15) is 0 Å². The third-order valence-corrected chi connectivity index (χ3v) is 6.77. The zero-order valence-corrected chi connectivity index (χ0v) is 18.0. The van der Waals surface area contributed by atoms with Crippen molar-refractivity contribution in [3.8, 4) is 5.75 Å². The summed E-state index contributed by atoms with van der Waals surface area (Å²) in [5.41, 5.74) is 1.46. The highest BCUT2D eigenvalue weighted by Crippen LogP contribution is 2.23. The molecule has 152 valence electrons. The monoisotopic (exact) mass is 442 g/mol. The molecule has 0 saturated carbocycles. The Kier molecular flexibility index (Phi) is 7.23. The first kappa shape index (κ1) is 21.4. The number of nitrogens with zero attached hydrogens (tertiary/aromatic N) is 1. The van der Waals surface area contributed by atoms with Gasteiger partial charge in [-0.05, 0) is 55.3 Å². The summed E-state index contributed by atoms with van der Waals surface area (Å²) in [6, 6.07) is 12.4. The molecular weight excluding hydrogens is 419 g/mol. The SMILES string of the molecule is CN1CCC(Oc2ccc(CNS(=O)(=O)Cc3ccc(Cl)c(Cl)c3)cc2)CC1. The van der Waals surface area contributed by atoms with E-state index in [9.17, 15) is 8.42 Å². The standard InChI is InChI=1S/C20H24Cl2N2O3S/c1-24-10-8-18(9-11-24)27-17-5-2-15(3-6-17)13-23-28(25,26)14-16-4-7-19(21)20(22)12-16/h2-7,12,18,23H,8-11,13-14H2,1H3. The number of rotatable bonds is 7. The van der Waals surface area contributed by atoms with Gasteiger partial charge in [0.05, 0.1) is 15.8 Å². The molecule has 1 N–H and O–H groups in total. The molecule has 0 aromatic heterocycles.